The van der Waals surface area contributed by atoms with Crippen LogP contribution in [-0.2, 0) is 6.54 Å². The highest BCUT2D eigenvalue weighted by Gasteiger charge is 2.35. The molecule has 4 heteroatoms. The molecular formula is C13H16BrClN2. The van der Waals surface area contributed by atoms with Crippen molar-refractivity contribution < 1.29 is 0 Å². The summed E-state index contributed by atoms with van der Waals surface area (Å²) in [6, 6.07) is 6.08. The van der Waals surface area contributed by atoms with Gasteiger partial charge in [0.1, 0.15) is 0 Å². The minimum Gasteiger partial charge on any atom is -0.316 e. The van der Waals surface area contributed by atoms with E-state index in [1.165, 1.54) is 31.7 Å². The van der Waals surface area contributed by atoms with Crippen LogP contribution in [0.4, 0.5) is 0 Å². The van der Waals surface area contributed by atoms with E-state index in [2.05, 4.69) is 32.2 Å². The number of hydrogen-bond donors (Lipinski definition) is 1. The zero-order chi connectivity index (χ0) is 11.8. The largest absolute Gasteiger partial charge is 0.316 e. The van der Waals surface area contributed by atoms with Gasteiger partial charge in [-0.15, -0.1) is 0 Å². The van der Waals surface area contributed by atoms with Crippen molar-refractivity contribution in [3.63, 3.8) is 0 Å². The zero-order valence-corrected chi connectivity index (χ0v) is 12.0. The SMILES string of the molecule is Clc1ccc(CN2CC3CNCC3C2)c(Br)c1. The lowest BCUT2D eigenvalue weighted by Gasteiger charge is -2.18. The Kier molecular flexibility index (Phi) is 3.44. The molecule has 1 aromatic carbocycles. The first-order chi connectivity index (χ1) is 8.22. The van der Waals surface area contributed by atoms with Crippen molar-refractivity contribution >= 4 is 27.5 Å². The Morgan fingerprint density at radius 2 is 2.00 bits per heavy atom. The van der Waals surface area contributed by atoms with Crippen LogP contribution in [0.1, 0.15) is 5.56 Å². The number of hydrogen-bond acceptors (Lipinski definition) is 2. The third-order valence-electron chi connectivity index (χ3n) is 3.87. The van der Waals surface area contributed by atoms with E-state index in [1.807, 2.05) is 12.1 Å². The van der Waals surface area contributed by atoms with Crippen LogP contribution in [0.25, 0.3) is 0 Å². The van der Waals surface area contributed by atoms with Crippen molar-refractivity contribution in [2.75, 3.05) is 26.2 Å². The van der Waals surface area contributed by atoms with E-state index in [0.29, 0.717) is 0 Å². The van der Waals surface area contributed by atoms with Crippen molar-refractivity contribution in [3.05, 3.63) is 33.3 Å². The maximum Gasteiger partial charge on any atom is 0.0417 e. The number of fused-ring (bicyclic) bond motifs is 1. The molecule has 0 radical (unpaired) electrons. The van der Waals surface area contributed by atoms with Crippen LogP contribution in [0.15, 0.2) is 22.7 Å². The van der Waals surface area contributed by atoms with E-state index in [0.717, 1.165) is 27.9 Å². The Hall–Kier alpha value is -0.0900. The number of halogens is 2. The molecule has 0 aromatic heterocycles. The summed E-state index contributed by atoms with van der Waals surface area (Å²) in [5.41, 5.74) is 1.34. The molecule has 1 aromatic rings. The Labute approximate surface area is 115 Å². The minimum atomic E-state index is 0.795. The van der Waals surface area contributed by atoms with Gasteiger partial charge in [-0.2, -0.15) is 0 Å². The molecule has 1 N–H and O–H groups in total. The quantitative estimate of drug-likeness (QED) is 0.903. The molecule has 2 saturated heterocycles. The topological polar surface area (TPSA) is 15.3 Å². The highest BCUT2D eigenvalue weighted by molar-refractivity contribution is 9.10. The molecule has 2 fully saturated rings. The fourth-order valence-corrected chi connectivity index (χ4v) is 3.78. The van der Waals surface area contributed by atoms with Crippen LogP contribution in [0.5, 0.6) is 0 Å². The van der Waals surface area contributed by atoms with E-state index in [-0.39, 0.29) is 0 Å². The summed E-state index contributed by atoms with van der Waals surface area (Å²) in [4.78, 5) is 2.56. The average Bonchev–Trinajstić information content (AvgIpc) is 2.82. The molecule has 2 unspecified atom stereocenters. The molecule has 0 amide bonds. The van der Waals surface area contributed by atoms with Crippen LogP contribution in [-0.4, -0.2) is 31.1 Å². The molecule has 2 atom stereocenters. The monoisotopic (exact) mass is 314 g/mol. The highest BCUT2D eigenvalue weighted by atomic mass is 79.9. The molecule has 0 aliphatic carbocycles. The van der Waals surface area contributed by atoms with Gasteiger partial charge < -0.3 is 5.32 Å². The molecule has 0 spiro atoms. The van der Waals surface area contributed by atoms with Crippen LogP contribution in [0, 0.1) is 11.8 Å². The van der Waals surface area contributed by atoms with E-state index < -0.39 is 0 Å². The number of likely N-dealkylation sites (tertiary alicyclic amines) is 1. The maximum atomic E-state index is 5.96. The fraction of sp³-hybridized carbons (Fsp3) is 0.538. The first-order valence-electron chi connectivity index (χ1n) is 6.09. The summed E-state index contributed by atoms with van der Waals surface area (Å²) in [5, 5.41) is 4.27. The van der Waals surface area contributed by atoms with E-state index in [4.69, 9.17) is 11.6 Å². The molecular weight excluding hydrogens is 300 g/mol. The Bertz CT molecular complexity index is 412. The van der Waals surface area contributed by atoms with E-state index in [1.54, 1.807) is 0 Å². The maximum absolute atomic E-state index is 5.96. The van der Waals surface area contributed by atoms with Crippen LogP contribution >= 0.6 is 27.5 Å². The lowest BCUT2D eigenvalue weighted by atomic mass is 10.0. The van der Waals surface area contributed by atoms with Gasteiger partial charge in [-0.1, -0.05) is 33.6 Å². The van der Waals surface area contributed by atoms with Gasteiger partial charge in [0.25, 0.3) is 0 Å². The number of benzene rings is 1. The van der Waals surface area contributed by atoms with Crippen molar-refractivity contribution in [3.8, 4) is 0 Å². The Morgan fingerprint density at radius 3 is 2.65 bits per heavy atom. The molecule has 3 rings (SSSR count). The van der Waals surface area contributed by atoms with E-state index in [9.17, 15) is 0 Å². The van der Waals surface area contributed by atoms with Crippen LogP contribution < -0.4 is 5.32 Å². The molecule has 17 heavy (non-hydrogen) atoms. The molecule has 2 aliphatic rings. The molecule has 2 nitrogen and oxygen atoms in total. The lowest BCUT2D eigenvalue weighted by molar-refractivity contribution is 0.305. The summed E-state index contributed by atoms with van der Waals surface area (Å²) in [7, 11) is 0. The third-order valence-corrected chi connectivity index (χ3v) is 4.85. The van der Waals surface area contributed by atoms with Gasteiger partial charge in [0, 0.05) is 29.1 Å². The van der Waals surface area contributed by atoms with Gasteiger partial charge in [-0.05, 0) is 42.6 Å². The van der Waals surface area contributed by atoms with Gasteiger partial charge >= 0.3 is 0 Å². The average molecular weight is 316 g/mol. The van der Waals surface area contributed by atoms with Gasteiger partial charge in [0.2, 0.25) is 0 Å². The fourth-order valence-electron chi connectivity index (χ4n) is 2.97. The van der Waals surface area contributed by atoms with Crippen molar-refractivity contribution in [1.29, 1.82) is 0 Å². The van der Waals surface area contributed by atoms with Crippen molar-refractivity contribution in [1.82, 2.24) is 10.2 Å². The molecule has 2 heterocycles. The summed E-state index contributed by atoms with van der Waals surface area (Å²) in [5.74, 6) is 1.72. The second kappa shape index (κ2) is 4.88. The van der Waals surface area contributed by atoms with Crippen LogP contribution in [0.2, 0.25) is 5.02 Å². The predicted octanol–water partition coefficient (Wildman–Crippen LogP) is 2.75. The normalized spacial score (nSPS) is 28.6. The minimum absolute atomic E-state index is 0.795. The van der Waals surface area contributed by atoms with E-state index >= 15 is 0 Å². The number of nitrogens with one attached hydrogen (secondary N) is 1. The molecule has 0 saturated carbocycles. The summed E-state index contributed by atoms with van der Waals surface area (Å²) in [6.45, 7) is 5.89. The Morgan fingerprint density at radius 1 is 1.29 bits per heavy atom. The van der Waals surface area contributed by atoms with Gasteiger partial charge in [0.15, 0.2) is 0 Å². The highest BCUT2D eigenvalue weighted by Crippen LogP contribution is 2.29. The van der Waals surface area contributed by atoms with Crippen molar-refractivity contribution in [2.45, 2.75) is 6.54 Å². The summed E-state index contributed by atoms with van der Waals surface area (Å²) >= 11 is 9.55. The molecule has 0 bridgehead atoms. The lowest BCUT2D eigenvalue weighted by Crippen LogP contribution is -2.25. The summed E-state index contributed by atoms with van der Waals surface area (Å²) < 4.78 is 1.13. The summed E-state index contributed by atoms with van der Waals surface area (Å²) in [6.07, 6.45) is 0. The van der Waals surface area contributed by atoms with Gasteiger partial charge in [-0.25, -0.2) is 0 Å². The standard InChI is InChI=1S/C13H16BrClN2/c14-13-3-12(15)2-1-9(13)6-17-7-10-4-16-5-11(10)8-17/h1-3,10-11,16H,4-8H2. The smallest absolute Gasteiger partial charge is 0.0417 e. The number of rotatable bonds is 2. The number of nitrogens with zero attached hydrogens (tertiary/aromatic N) is 1. The first-order valence-corrected chi connectivity index (χ1v) is 7.26. The second-order valence-corrected chi connectivity index (χ2v) is 6.40. The van der Waals surface area contributed by atoms with Gasteiger partial charge in [-0.3, -0.25) is 4.90 Å². The van der Waals surface area contributed by atoms with Gasteiger partial charge in [0.05, 0.1) is 0 Å². The first kappa shape index (κ1) is 12.0. The Balaban J connectivity index is 1.67. The predicted molar refractivity (Wildman–Crippen MR) is 74.3 cm³/mol. The molecule has 92 valence electrons. The van der Waals surface area contributed by atoms with Crippen molar-refractivity contribution in [2.24, 2.45) is 11.8 Å². The second-order valence-electron chi connectivity index (χ2n) is 5.11. The van der Waals surface area contributed by atoms with Crippen LogP contribution in [0.3, 0.4) is 0 Å². The zero-order valence-electron chi connectivity index (χ0n) is 9.63. The third kappa shape index (κ3) is 2.53. The molecule has 2 aliphatic heterocycles.